The molecule has 0 bridgehead atoms. The van der Waals surface area contributed by atoms with Crippen molar-refractivity contribution in [2.75, 3.05) is 60.4 Å². The monoisotopic (exact) mass is 539 g/mol. The van der Waals surface area contributed by atoms with Gasteiger partial charge in [0, 0.05) is 46.3 Å². The summed E-state index contributed by atoms with van der Waals surface area (Å²) < 4.78 is 5.54. The van der Waals surface area contributed by atoms with Crippen molar-refractivity contribution in [3.05, 3.63) is 0 Å². The van der Waals surface area contributed by atoms with Gasteiger partial charge in [0.1, 0.15) is 5.60 Å². The molecule has 0 atom stereocenters. The van der Waals surface area contributed by atoms with Crippen LogP contribution in [0.15, 0.2) is 4.99 Å². The van der Waals surface area contributed by atoms with E-state index in [4.69, 9.17) is 4.74 Å². The minimum Gasteiger partial charge on any atom is -0.444 e. The van der Waals surface area contributed by atoms with Crippen molar-refractivity contribution < 1.29 is 9.53 Å². The van der Waals surface area contributed by atoms with E-state index in [-0.39, 0.29) is 35.5 Å². The van der Waals surface area contributed by atoms with E-state index in [9.17, 15) is 4.79 Å². The lowest BCUT2D eigenvalue weighted by atomic mass is 9.93. The van der Waals surface area contributed by atoms with Crippen molar-refractivity contribution in [1.82, 2.24) is 20.0 Å². The summed E-state index contributed by atoms with van der Waals surface area (Å²) in [6.45, 7) is 17.6. The van der Waals surface area contributed by atoms with Gasteiger partial charge in [0.15, 0.2) is 5.96 Å². The Morgan fingerprint density at radius 1 is 1.17 bits per heavy atom. The van der Waals surface area contributed by atoms with E-state index in [1.165, 1.54) is 0 Å². The van der Waals surface area contributed by atoms with E-state index >= 15 is 0 Å². The number of amides is 1. The van der Waals surface area contributed by atoms with E-state index in [0.29, 0.717) is 12.5 Å². The van der Waals surface area contributed by atoms with E-state index < -0.39 is 5.60 Å². The number of nitrogens with one attached hydrogen (secondary N) is 1. The topological polar surface area (TPSA) is 60.4 Å². The lowest BCUT2D eigenvalue weighted by molar-refractivity contribution is 0.0214. The van der Waals surface area contributed by atoms with Crippen molar-refractivity contribution in [1.29, 1.82) is 0 Å². The van der Waals surface area contributed by atoms with E-state index in [1.54, 1.807) is 0 Å². The average molecular weight is 540 g/mol. The van der Waals surface area contributed by atoms with E-state index in [2.05, 4.69) is 48.1 Å². The molecule has 0 unspecified atom stereocenters. The molecular formula is C22H46IN5O2. The lowest BCUT2D eigenvalue weighted by Crippen LogP contribution is -2.50. The van der Waals surface area contributed by atoms with Gasteiger partial charge in [-0.1, -0.05) is 13.8 Å². The number of ether oxygens (including phenoxy) is 1. The highest BCUT2D eigenvalue weighted by Gasteiger charge is 2.28. The fraction of sp³-hybridized carbons (Fsp3) is 0.909. The summed E-state index contributed by atoms with van der Waals surface area (Å²) >= 11 is 0. The minimum absolute atomic E-state index is 0. The highest BCUT2D eigenvalue weighted by Crippen LogP contribution is 2.21. The molecule has 1 amide bonds. The van der Waals surface area contributed by atoms with Crippen molar-refractivity contribution in [3.8, 4) is 0 Å². The second-order valence-electron chi connectivity index (χ2n) is 10.3. The normalized spacial score (nSPS) is 16.3. The molecule has 178 valence electrons. The first kappa shape index (κ1) is 29.2. The van der Waals surface area contributed by atoms with Crippen LogP contribution in [0.25, 0.3) is 0 Å². The third-order valence-electron chi connectivity index (χ3n) is 5.11. The van der Waals surface area contributed by atoms with Crippen molar-refractivity contribution >= 4 is 36.0 Å². The summed E-state index contributed by atoms with van der Waals surface area (Å²) in [6, 6.07) is 0. The third kappa shape index (κ3) is 11.0. The number of likely N-dealkylation sites (tertiary alicyclic amines) is 1. The minimum atomic E-state index is -0.452. The number of guanidine groups is 1. The van der Waals surface area contributed by atoms with Gasteiger partial charge in [-0.2, -0.15) is 0 Å². The van der Waals surface area contributed by atoms with E-state index in [1.807, 2.05) is 39.6 Å². The third-order valence-corrected chi connectivity index (χ3v) is 5.11. The van der Waals surface area contributed by atoms with Crippen molar-refractivity contribution in [2.45, 2.75) is 60.0 Å². The molecule has 1 fully saturated rings. The molecule has 0 radical (unpaired) electrons. The smallest absolute Gasteiger partial charge is 0.410 e. The zero-order chi connectivity index (χ0) is 22.2. The standard InChI is InChI=1S/C22H45N5O2.HI/c1-10-26(20(28)29-21(2,3)4)15-18-11-13-27(14-12-18)19(23-7)24-16-22(5,6)17-25(8)9;/h18H,10-17H2,1-9H3,(H,23,24);1H. The number of rotatable bonds is 7. The number of piperidine rings is 1. The number of hydrogen-bond donors (Lipinski definition) is 1. The van der Waals surface area contributed by atoms with Gasteiger partial charge in [0.25, 0.3) is 0 Å². The number of aliphatic imine (C=N–C) groups is 1. The fourth-order valence-electron chi connectivity index (χ4n) is 3.86. The molecule has 1 heterocycles. The molecule has 0 aromatic carbocycles. The van der Waals surface area contributed by atoms with E-state index in [0.717, 1.165) is 51.5 Å². The Morgan fingerprint density at radius 3 is 2.17 bits per heavy atom. The van der Waals surface area contributed by atoms with Crippen LogP contribution in [0.1, 0.15) is 54.4 Å². The highest BCUT2D eigenvalue weighted by atomic mass is 127. The summed E-state index contributed by atoms with van der Waals surface area (Å²) in [7, 11) is 6.07. The maximum Gasteiger partial charge on any atom is 0.410 e. The molecule has 1 aliphatic rings. The predicted molar refractivity (Wildman–Crippen MR) is 137 cm³/mol. The second-order valence-corrected chi connectivity index (χ2v) is 10.3. The quantitative estimate of drug-likeness (QED) is 0.304. The first-order valence-electron chi connectivity index (χ1n) is 10.9. The molecule has 0 aromatic heterocycles. The van der Waals surface area contributed by atoms with Gasteiger partial charge < -0.3 is 24.8 Å². The number of hydrogen-bond acceptors (Lipinski definition) is 4. The Kier molecular flexibility index (Phi) is 12.6. The summed E-state index contributed by atoms with van der Waals surface area (Å²) in [5.41, 5.74) is -0.279. The van der Waals surface area contributed by atoms with Crippen LogP contribution < -0.4 is 5.32 Å². The first-order chi connectivity index (χ1) is 13.4. The Morgan fingerprint density at radius 2 is 1.73 bits per heavy atom. The zero-order valence-corrected chi connectivity index (χ0v) is 23.1. The molecule has 30 heavy (non-hydrogen) atoms. The molecule has 1 saturated heterocycles. The molecule has 1 aliphatic heterocycles. The van der Waals surface area contributed by atoms with Gasteiger partial charge in [0.2, 0.25) is 0 Å². The molecule has 0 aliphatic carbocycles. The summed E-state index contributed by atoms with van der Waals surface area (Å²) in [5.74, 6) is 1.48. The van der Waals surface area contributed by atoms with Crippen LogP contribution in [0.3, 0.4) is 0 Å². The van der Waals surface area contributed by atoms with Crippen LogP contribution in [-0.4, -0.2) is 92.8 Å². The predicted octanol–water partition coefficient (Wildman–Crippen LogP) is 3.74. The largest absolute Gasteiger partial charge is 0.444 e. The number of carbonyl (C=O) groups is 1. The molecule has 7 nitrogen and oxygen atoms in total. The van der Waals surface area contributed by atoms with Crippen molar-refractivity contribution in [2.24, 2.45) is 16.3 Å². The van der Waals surface area contributed by atoms with Gasteiger partial charge in [-0.3, -0.25) is 4.99 Å². The Balaban J connectivity index is 0.00000841. The maximum absolute atomic E-state index is 12.4. The van der Waals surface area contributed by atoms with Gasteiger partial charge >= 0.3 is 6.09 Å². The number of nitrogens with zero attached hydrogens (tertiary/aromatic N) is 4. The average Bonchev–Trinajstić information content (AvgIpc) is 2.58. The van der Waals surface area contributed by atoms with Gasteiger partial charge in [-0.15, -0.1) is 24.0 Å². The van der Waals surface area contributed by atoms with Gasteiger partial charge in [0.05, 0.1) is 0 Å². The first-order valence-corrected chi connectivity index (χ1v) is 10.9. The Labute approximate surface area is 202 Å². The molecule has 1 N–H and O–H groups in total. The Bertz CT molecular complexity index is 538. The second kappa shape index (κ2) is 12.9. The van der Waals surface area contributed by atoms with Gasteiger partial charge in [-0.25, -0.2) is 4.79 Å². The Hall–Kier alpha value is -0.770. The number of carbonyl (C=O) groups excluding carboxylic acids is 1. The highest BCUT2D eigenvalue weighted by molar-refractivity contribution is 14.0. The van der Waals surface area contributed by atoms with Crippen LogP contribution >= 0.6 is 24.0 Å². The molecular weight excluding hydrogens is 493 g/mol. The van der Waals surface area contributed by atoms with Crippen molar-refractivity contribution in [3.63, 3.8) is 0 Å². The van der Waals surface area contributed by atoms with Crippen LogP contribution in [0.4, 0.5) is 4.79 Å². The maximum atomic E-state index is 12.4. The summed E-state index contributed by atoms with van der Waals surface area (Å²) in [4.78, 5) is 23.3. The SMILES string of the molecule is CCN(CC1CCN(C(=NC)NCC(C)(C)CN(C)C)CC1)C(=O)OC(C)(C)C.I. The molecule has 1 rings (SSSR count). The van der Waals surface area contributed by atoms with Gasteiger partial charge in [-0.05, 0) is 66.0 Å². The van der Waals surface area contributed by atoms with Crippen LogP contribution in [0.2, 0.25) is 0 Å². The summed E-state index contributed by atoms with van der Waals surface area (Å²) in [6.07, 6.45) is 1.91. The lowest BCUT2D eigenvalue weighted by Gasteiger charge is -2.37. The van der Waals surface area contributed by atoms with Crippen LogP contribution in [-0.2, 0) is 4.74 Å². The molecule has 0 spiro atoms. The van der Waals surface area contributed by atoms with Crippen LogP contribution in [0.5, 0.6) is 0 Å². The molecule has 0 saturated carbocycles. The number of halogens is 1. The van der Waals surface area contributed by atoms with Crippen LogP contribution in [0, 0.1) is 11.3 Å². The summed E-state index contributed by atoms with van der Waals surface area (Å²) in [5, 5.41) is 3.56. The fourth-order valence-corrected chi connectivity index (χ4v) is 3.86. The molecule has 8 heteroatoms. The zero-order valence-electron chi connectivity index (χ0n) is 20.7. The molecule has 0 aromatic rings.